The Labute approximate surface area is 86.7 Å². The average molecular weight is 195 g/mol. The van der Waals surface area contributed by atoms with E-state index in [0.717, 1.165) is 18.1 Å². The van der Waals surface area contributed by atoms with Gasteiger partial charge < -0.3 is 9.73 Å². The Bertz CT molecular complexity index is 289. The molecule has 2 heteroatoms. The van der Waals surface area contributed by atoms with Crippen LogP contribution in [0.15, 0.2) is 10.5 Å². The van der Waals surface area contributed by atoms with Crippen LogP contribution in [0.2, 0.25) is 0 Å². The van der Waals surface area contributed by atoms with Crippen LogP contribution in [0.1, 0.15) is 37.9 Å². The van der Waals surface area contributed by atoms with Crippen molar-refractivity contribution in [3.63, 3.8) is 0 Å². The summed E-state index contributed by atoms with van der Waals surface area (Å²) >= 11 is 0. The van der Waals surface area contributed by atoms with Crippen LogP contribution in [0.3, 0.4) is 0 Å². The molecular weight excluding hydrogens is 174 g/mol. The number of hydrogen-bond donors (Lipinski definition) is 1. The molecule has 14 heavy (non-hydrogen) atoms. The van der Waals surface area contributed by atoms with Gasteiger partial charge in [-0.25, -0.2) is 0 Å². The van der Waals surface area contributed by atoms with Gasteiger partial charge >= 0.3 is 0 Å². The van der Waals surface area contributed by atoms with Crippen molar-refractivity contribution in [2.45, 2.75) is 47.2 Å². The normalized spacial score (nSPS) is 13.6. The largest absolute Gasteiger partial charge is 0.466 e. The highest BCUT2D eigenvalue weighted by molar-refractivity contribution is 5.19. The van der Waals surface area contributed by atoms with Crippen molar-refractivity contribution in [3.8, 4) is 0 Å². The number of hydrogen-bond acceptors (Lipinski definition) is 2. The maximum absolute atomic E-state index is 5.47. The van der Waals surface area contributed by atoms with Gasteiger partial charge in [-0.2, -0.15) is 0 Å². The van der Waals surface area contributed by atoms with Gasteiger partial charge in [-0.1, -0.05) is 13.8 Å². The van der Waals surface area contributed by atoms with E-state index in [9.17, 15) is 0 Å². The first-order valence-corrected chi connectivity index (χ1v) is 5.30. The Hall–Kier alpha value is -0.760. The summed E-state index contributed by atoms with van der Waals surface area (Å²) in [7, 11) is 0. The van der Waals surface area contributed by atoms with E-state index in [2.05, 4.69) is 32.2 Å². The summed E-state index contributed by atoms with van der Waals surface area (Å²) < 4.78 is 5.47. The summed E-state index contributed by atoms with van der Waals surface area (Å²) in [4.78, 5) is 0. The Balaban J connectivity index is 2.49. The monoisotopic (exact) mass is 195 g/mol. The fourth-order valence-electron chi connectivity index (χ4n) is 1.37. The molecule has 0 bridgehead atoms. The standard InChI is InChI=1S/C12H21NO/c1-8(2)10(4)13-7-12-6-9(3)14-11(12)5/h6,8,10,13H,7H2,1-5H3. The highest BCUT2D eigenvalue weighted by Crippen LogP contribution is 2.13. The topological polar surface area (TPSA) is 25.2 Å². The summed E-state index contributed by atoms with van der Waals surface area (Å²) in [5.41, 5.74) is 1.27. The van der Waals surface area contributed by atoms with Crippen LogP contribution in [-0.2, 0) is 6.54 Å². The molecule has 0 aliphatic rings. The number of rotatable bonds is 4. The summed E-state index contributed by atoms with van der Waals surface area (Å²) in [6.07, 6.45) is 0. The van der Waals surface area contributed by atoms with Gasteiger partial charge in [0.1, 0.15) is 11.5 Å². The van der Waals surface area contributed by atoms with Crippen LogP contribution < -0.4 is 5.32 Å². The van der Waals surface area contributed by atoms with Gasteiger partial charge in [-0.05, 0) is 32.8 Å². The zero-order chi connectivity index (χ0) is 10.7. The number of aryl methyl sites for hydroxylation is 2. The first-order chi connectivity index (χ1) is 6.50. The maximum atomic E-state index is 5.47. The lowest BCUT2D eigenvalue weighted by molar-refractivity contribution is 0.423. The van der Waals surface area contributed by atoms with Gasteiger partial charge in [0.25, 0.3) is 0 Å². The van der Waals surface area contributed by atoms with Crippen LogP contribution in [0.25, 0.3) is 0 Å². The number of furan rings is 1. The van der Waals surface area contributed by atoms with Crippen molar-refractivity contribution in [1.29, 1.82) is 0 Å². The molecule has 0 aliphatic carbocycles. The van der Waals surface area contributed by atoms with Crippen molar-refractivity contribution in [2.75, 3.05) is 0 Å². The van der Waals surface area contributed by atoms with Crippen LogP contribution in [0, 0.1) is 19.8 Å². The predicted molar refractivity (Wildman–Crippen MR) is 59.3 cm³/mol. The summed E-state index contributed by atoms with van der Waals surface area (Å²) in [6, 6.07) is 2.65. The van der Waals surface area contributed by atoms with E-state index in [-0.39, 0.29) is 0 Å². The van der Waals surface area contributed by atoms with E-state index >= 15 is 0 Å². The molecule has 0 amide bonds. The van der Waals surface area contributed by atoms with Gasteiger partial charge in [0.2, 0.25) is 0 Å². The zero-order valence-electron chi connectivity index (χ0n) is 9.85. The van der Waals surface area contributed by atoms with Crippen molar-refractivity contribution in [3.05, 3.63) is 23.2 Å². The second-order valence-electron chi connectivity index (χ2n) is 4.35. The minimum Gasteiger partial charge on any atom is -0.466 e. The zero-order valence-corrected chi connectivity index (χ0v) is 9.85. The third kappa shape index (κ3) is 2.88. The highest BCUT2D eigenvalue weighted by atomic mass is 16.3. The van der Waals surface area contributed by atoms with E-state index < -0.39 is 0 Å². The molecule has 1 aromatic heterocycles. The molecule has 0 saturated heterocycles. The molecule has 0 aliphatic heterocycles. The molecule has 80 valence electrons. The third-order valence-corrected chi connectivity index (χ3v) is 2.76. The molecule has 1 aromatic rings. The van der Waals surface area contributed by atoms with Gasteiger partial charge in [0, 0.05) is 18.2 Å². The van der Waals surface area contributed by atoms with Crippen LogP contribution in [0.4, 0.5) is 0 Å². The first-order valence-electron chi connectivity index (χ1n) is 5.30. The summed E-state index contributed by atoms with van der Waals surface area (Å²) in [5, 5.41) is 3.49. The molecule has 0 saturated carbocycles. The Morgan fingerprint density at radius 3 is 2.36 bits per heavy atom. The third-order valence-electron chi connectivity index (χ3n) is 2.76. The van der Waals surface area contributed by atoms with E-state index in [0.29, 0.717) is 12.0 Å². The maximum Gasteiger partial charge on any atom is 0.105 e. The van der Waals surface area contributed by atoms with Crippen LogP contribution >= 0.6 is 0 Å². The summed E-state index contributed by atoms with van der Waals surface area (Å²) in [6.45, 7) is 11.6. The molecule has 1 N–H and O–H groups in total. The first kappa shape index (κ1) is 11.3. The molecule has 0 radical (unpaired) electrons. The van der Waals surface area contributed by atoms with Crippen LogP contribution in [-0.4, -0.2) is 6.04 Å². The van der Waals surface area contributed by atoms with Crippen LogP contribution in [0.5, 0.6) is 0 Å². The van der Waals surface area contributed by atoms with Gasteiger partial charge in [-0.3, -0.25) is 0 Å². The van der Waals surface area contributed by atoms with E-state index in [1.54, 1.807) is 0 Å². The molecule has 1 rings (SSSR count). The Kier molecular flexibility index (Phi) is 3.76. The minimum atomic E-state index is 0.546. The molecule has 0 aromatic carbocycles. The SMILES string of the molecule is Cc1cc(CNC(C)C(C)C)c(C)o1. The molecule has 1 unspecified atom stereocenters. The lowest BCUT2D eigenvalue weighted by Gasteiger charge is -2.16. The quantitative estimate of drug-likeness (QED) is 0.799. The smallest absolute Gasteiger partial charge is 0.105 e. The van der Waals surface area contributed by atoms with Gasteiger partial charge in [0.15, 0.2) is 0 Å². The van der Waals surface area contributed by atoms with E-state index in [1.807, 2.05) is 13.8 Å². The Morgan fingerprint density at radius 2 is 1.93 bits per heavy atom. The molecular formula is C12H21NO. The van der Waals surface area contributed by atoms with E-state index in [4.69, 9.17) is 4.42 Å². The minimum absolute atomic E-state index is 0.546. The molecule has 1 heterocycles. The molecule has 0 fully saturated rings. The predicted octanol–water partition coefficient (Wildman–Crippen LogP) is 3.03. The average Bonchev–Trinajstić information content (AvgIpc) is 2.40. The second kappa shape index (κ2) is 4.65. The molecule has 1 atom stereocenters. The highest BCUT2D eigenvalue weighted by Gasteiger charge is 2.08. The second-order valence-corrected chi connectivity index (χ2v) is 4.35. The number of nitrogens with one attached hydrogen (secondary N) is 1. The fraction of sp³-hybridized carbons (Fsp3) is 0.667. The van der Waals surface area contributed by atoms with Crippen molar-refractivity contribution in [2.24, 2.45) is 5.92 Å². The van der Waals surface area contributed by atoms with Gasteiger partial charge in [-0.15, -0.1) is 0 Å². The van der Waals surface area contributed by atoms with Crippen molar-refractivity contribution < 1.29 is 4.42 Å². The molecule has 0 spiro atoms. The van der Waals surface area contributed by atoms with E-state index in [1.165, 1.54) is 5.56 Å². The molecule has 2 nitrogen and oxygen atoms in total. The van der Waals surface area contributed by atoms with Gasteiger partial charge in [0.05, 0.1) is 0 Å². The Morgan fingerprint density at radius 1 is 1.29 bits per heavy atom. The lowest BCUT2D eigenvalue weighted by atomic mass is 10.1. The summed E-state index contributed by atoms with van der Waals surface area (Å²) in [5.74, 6) is 2.70. The van der Waals surface area contributed by atoms with Crippen molar-refractivity contribution in [1.82, 2.24) is 5.32 Å². The fourth-order valence-corrected chi connectivity index (χ4v) is 1.37. The van der Waals surface area contributed by atoms with Crippen molar-refractivity contribution >= 4 is 0 Å². The lowest BCUT2D eigenvalue weighted by Crippen LogP contribution is -2.30.